The minimum atomic E-state index is -0.795. The first kappa shape index (κ1) is 17.8. The molecule has 0 aliphatic carbocycles. The Kier molecular flexibility index (Phi) is 5.43. The fourth-order valence-electron chi connectivity index (χ4n) is 2.24. The summed E-state index contributed by atoms with van der Waals surface area (Å²) in [5.41, 5.74) is 1.77. The van der Waals surface area contributed by atoms with E-state index in [0.717, 1.165) is 0 Å². The molecule has 0 radical (unpaired) electrons. The van der Waals surface area contributed by atoms with Gasteiger partial charge in [0.25, 0.3) is 0 Å². The average Bonchev–Trinajstić information content (AvgIpc) is 3.05. The number of anilines is 1. The molecule has 3 aromatic rings. The summed E-state index contributed by atoms with van der Waals surface area (Å²) >= 11 is 5.86. The summed E-state index contributed by atoms with van der Waals surface area (Å²) in [5.74, 6) is -1.18. The van der Waals surface area contributed by atoms with Gasteiger partial charge >= 0.3 is 0 Å². The number of aromatic nitrogens is 1. The predicted octanol–water partition coefficient (Wildman–Crippen LogP) is 4.90. The van der Waals surface area contributed by atoms with E-state index in [1.807, 2.05) is 0 Å². The maximum Gasteiger partial charge on any atom is 0.240 e. The van der Waals surface area contributed by atoms with Crippen LogP contribution in [0.1, 0.15) is 17.4 Å². The molecule has 3 rings (SSSR count). The van der Waals surface area contributed by atoms with E-state index < -0.39 is 5.92 Å². The fourth-order valence-corrected chi connectivity index (χ4v) is 2.37. The molecule has 132 valence electrons. The van der Waals surface area contributed by atoms with Crippen molar-refractivity contribution in [3.63, 3.8) is 0 Å². The largest absolute Gasteiger partial charge is 0.360 e. The number of benzene rings is 2. The van der Waals surface area contributed by atoms with Gasteiger partial charge in [0.15, 0.2) is 5.76 Å². The van der Waals surface area contributed by atoms with Crippen molar-refractivity contribution < 1.29 is 13.7 Å². The number of carbonyl (C=O) groups excluding carboxylic acids is 1. The minimum Gasteiger partial charge on any atom is -0.360 e. The van der Waals surface area contributed by atoms with Crippen LogP contribution in [0, 0.1) is 12.7 Å². The van der Waals surface area contributed by atoms with E-state index in [4.69, 9.17) is 16.1 Å². The van der Waals surface area contributed by atoms with Crippen LogP contribution in [0.4, 0.5) is 15.8 Å². The molecular weight excluding hydrogens is 357 g/mol. The molecule has 0 saturated heterocycles. The van der Waals surface area contributed by atoms with Gasteiger partial charge in [-0.05, 0) is 55.5 Å². The third-order valence-corrected chi connectivity index (χ3v) is 3.80. The average molecular weight is 372 g/mol. The Morgan fingerprint density at radius 2 is 1.92 bits per heavy atom. The number of carbonyl (C=O) groups is 1. The molecule has 1 heterocycles. The maximum atomic E-state index is 13.0. The quantitative estimate of drug-likeness (QED) is 0.648. The van der Waals surface area contributed by atoms with Gasteiger partial charge in [-0.3, -0.25) is 9.79 Å². The molecule has 1 unspecified atom stereocenters. The number of nitrogens with one attached hydrogen (secondary N) is 1. The standard InChI is InChI=1S/C19H15ClFN3O2/c1-12-10-18(26-24-12)17(11-22-15-6-2-13(20)3-7-15)19(25)23-16-8-4-14(21)5-9-16/h2-11,17H,1H3,(H,23,25). The summed E-state index contributed by atoms with van der Waals surface area (Å²) in [6.07, 6.45) is 1.47. The van der Waals surface area contributed by atoms with Crippen LogP contribution in [0.3, 0.4) is 0 Å². The second-order valence-corrected chi connectivity index (χ2v) is 6.04. The number of amides is 1. The molecule has 0 bridgehead atoms. The van der Waals surface area contributed by atoms with E-state index in [9.17, 15) is 9.18 Å². The highest BCUT2D eigenvalue weighted by molar-refractivity contribution is 6.30. The lowest BCUT2D eigenvalue weighted by Gasteiger charge is -2.10. The van der Waals surface area contributed by atoms with Crippen molar-refractivity contribution in [1.82, 2.24) is 5.16 Å². The first-order valence-corrected chi connectivity index (χ1v) is 8.18. The molecule has 1 aromatic heterocycles. The van der Waals surface area contributed by atoms with E-state index >= 15 is 0 Å². The second kappa shape index (κ2) is 7.93. The molecule has 7 heteroatoms. The Balaban J connectivity index is 1.84. The zero-order valence-corrected chi connectivity index (χ0v) is 14.6. The zero-order valence-electron chi connectivity index (χ0n) is 13.8. The van der Waals surface area contributed by atoms with Crippen molar-refractivity contribution in [3.8, 4) is 0 Å². The summed E-state index contributed by atoms with van der Waals surface area (Å²) in [5, 5.41) is 7.14. The van der Waals surface area contributed by atoms with Gasteiger partial charge in [-0.15, -0.1) is 0 Å². The molecule has 1 atom stereocenters. The second-order valence-electron chi connectivity index (χ2n) is 5.60. The highest BCUT2D eigenvalue weighted by Crippen LogP contribution is 2.21. The number of aliphatic imine (C=N–C) groups is 1. The summed E-state index contributed by atoms with van der Waals surface area (Å²) in [6.45, 7) is 1.76. The molecule has 0 saturated carbocycles. The highest BCUT2D eigenvalue weighted by Gasteiger charge is 2.23. The Morgan fingerprint density at radius 3 is 2.54 bits per heavy atom. The first-order valence-electron chi connectivity index (χ1n) is 7.80. The van der Waals surface area contributed by atoms with Crippen LogP contribution >= 0.6 is 11.6 Å². The first-order chi connectivity index (χ1) is 12.5. The summed E-state index contributed by atoms with van der Waals surface area (Å²) < 4.78 is 18.2. The van der Waals surface area contributed by atoms with Crippen LogP contribution in [0.15, 0.2) is 64.1 Å². The lowest BCUT2D eigenvalue weighted by atomic mass is 10.1. The van der Waals surface area contributed by atoms with Crippen molar-refractivity contribution in [2.45, 2.75) is 12.8 Å². The van der Waals surface area contributed by atoms with Crippen LogP contribution in [0.2, 0.25) is 5.02 Å². The SMILES string of the molecule is Cc1cc(C(C=Nc2ccc(Cl)cc2)C(=O)Nc2ccc(F)cc2)on1. The van der Waals surface area contributed by atoms with Crippen LogP contribution in [-0.2, 0) is 4.79 Å². The molecule has 1 N–H and O–H groups in total. The van der Waals surface area contributed by atoms with E-state index in [-0.39, 0.29) is 11.7 Å². The van der Waals surface area contributed by atoms with Crippen molar-refractivity contribution >= 4 is 35.1 Å². The molecule has 1 amide bonds. The van der Waals surface area contributed by atoms with Crippen molar-refractivity contribution in [2.75, 3.05) is 5.32 Å². The van der Waals surface area contributed by atoms with E-state index in [0.29, 0.717) is 27.9 Å². The zero-order chi connectivity index (χ0) is 18.5. The van der Waals surface area contributed by atoms with Gasteiger partial charge in [0.05, 0.1) is 11.4 Å². The van der Waals surface area contributed by atoms with Crippen molar-refractivity contribution in [1.29, 1.82) is 0 Å². The van der Waals surface area contributed by atoms with Gasteiger partial charge < -0.3 is 9.84 Å². The molecule has 0 aliphatic heterocycles. The maximum absolute atomic E-state index is 13.0. The molecule has 0 aliphatic rings. The summed E-state index contributed by atoms with van der Waals surface area (Å²) in [4.78, 5) is 17.0. The fraction of sp³-hybridized carbons (Fsp3) is 0.105. The topological polar surface area (TPSA) is 67.5 Å². The molecule has 0 fully saturated rings. The Labute approximate surface area is 154 Å². The highest BCUT2D eigenvalue weighted by atomic mass is 35.5. The lowest BCUT2D eigenvalue weighted by Crippen LogP contribution is -2.22. The molecule has 0 spiro atoms. The molecule has 2 aromatic carbocycles. The molecule has 5 nitrogen and oxygen atoms in total. The van der Waals surface area contributed by atoms with E-state index in [1.165, 1.54) is 30.5 Å². The number of aryl methyl sites for hydroxylation is 1. The van der Waals surface area contributed by atoms with Crippen LogP contribution in [0.25, 0.3) is 0 Å². The van der Waals surface area contributed by atoms with Crippen LogP contribution in [0.5, 0.6) is 0 Å². The van der Waals surface area contributed by atoms with Crippen LogP contribution < -0.4 is 5.32 Å². The smallest absolute Gasteiger partial charge is 0.240 e. The monoisotopic (exact) mass is 371 g/mol. The summed E-state index contributed by atoms with van der Waals surface area (Å²) in [6, 6.07) is 14.1. The van der Waals surface area contributed by atoms with Crippen molar-refractivity contribution in [2.24, 2.45) is 4.99 Å². The third-order valence-electron chi connectivity index (χ3n) is 3.55. The molecular formula is C19H15ClFN3O2. The normalized spacial score (nSPS) is 12.3. The number of nitrogens with zero attached hydrogens (tertiary/aromatic N) is 2. The van der Waals surface area contributed by atoms with Gasteiger partial charge in [-0.25, -0.2) is 4.39 Å². The van der Waals surface area contributed by atoms with Gasteiger partial charge in [0, 0.05) is 23.0 Å². The van der Waals surface area contributed by atoms with Gasteiger partial charge in [0.2, 0.25) is 5.91 Å². The van der Waals surface area contributed by atoms with Gasteiger partial charge in [0.1, 0.15) is 11.7 Å². The minimum absolute atomic E-state index is 0.361. The van der Waals surface area contributed by atoms with E-state index in [2.05, 4.69) is 15.5 Å². The number of rotatable bonds is 5. The Hall–Kier alpha value is -2.99. The lowest BCUT2D eigenvalue weighted by molar-refractivity contribution is -0.116. The van der Waals surface area contributed by atoms with Crippen molar-refractivity contribution in [3.05, 3.63) is 76.9 Å². The molecule has 26 heavy (non-hydrogen) atoms. The number of halogens is 2. The predicted molar refractivity (Wildman–Crippen MR) is 98.6 cm³/mol. The van der Waals surface area contributed by atoms with Crippen LogP contribution in [-0.4, -0.2) is 17.3 Å². The Bertz CT molecular complexity index is 921. The number of hydrogen-bond donors (Lipinski definition) is 1. The number of hydrogen-bond acceptors (Lipinski definition) is 4. The third kappa shape index (κ3) is 4.55. The Morgan fingerprint density at radius 1 is 1.23 bits per heavy atom. The summed E-state index contributed by atoms with van der Waals surface area (Å²) in [7, 11) is 0. The van der Waals surface area contributed by atoms with Gasteiger partial charge in [-0.2, -0.15) is 0 Å². The van der Waals surface area contributed by atoms with Gasteiger partial charge in [-0.1, -0.05) is 16.8 Å². The van der Waals surface area contributed by atoms with E-state index in [1.54, 1.807) is 37.3 Å².